The molecule has 6 heteroatoms. The summed E-state index contributed by atoms with van der Waals surface area (Å²) in [6.07, 6.45) is 2.23. The van der Waals surface area contributed by atoms with Crippen molar-refractivity contribution < 1.29 is 14.1 Å². The van der Waals surface area contributed by atoms with Crippen molar-refractivity contribution in [1.82, 2.24) is 15.4 Å². The Kier molecular flexibility index (Phi) is 6.69. The number of aromatic nitrogens is 1. The highest BCUT2D eigenvalue weighted by molar-refractivity contribution is 5.93. The molecule has 0 unspecified atom stereocenters. The molecule has 1 aliphatic rings. The van der Waals surface area contributed by atoms with Crippen LogP contribution in [0.3, 0.4) is 0 Å². The van der Waals surface area contributed by atoms with E-state index in [1.807, 2.05) is 12.1 Å². The van der Waals surface area contributed by atoms with Gasteiger partial charge in [0.05, 0.1) is 5.92 Å². The van der Waals surface area contributed by atoms with Crippen LogP contribution in [0, 0.1) is 12.8 Å². The molecular weight excluding hydrogens is 402 g/mol. The molecule has 0 spiro atoms. The Morgan fingerprint density at radius 3 is 2.75 bits per heavy atom. The Hall–Kier alpha value is -3.41. The maximum absolute atomic E-state index is 13.1. The van der Waals surface area contributed by atoms with E-state index in [4.69, 9.17) is 4.52 Å². The van der Waals surface area contributed by atoms with Crippen LogP contribution in [0.5, 0.6) is 0 Å². The predicted molar refractivity (Wildman–Crippen MR) is 123 cm³/mol. The summed E-state index contributed by atoms with van der Waals surface area (Å²) >= 11 is 0. The number of carbonyl (C=O) groups is 2. The molecule has 2 heterocycles. The van der Waals surface area contributed by atoms with Gasteiger partial charge in [0, 0.05) is 32.1 Å². The van der Waals surface area contributed by atoms with Crippen LogP contribution in [0.2, 0.25) is 0 Å². The zero-order valence-corrected chi connectivity index (χ0v) is 18.6. The highest BCUT2D eigenvalue weighted by Crippen LogP contribution is 2.27. The number of nitrogens with zero attached hydrogens (tertiary/aromatic N) is 2. The highest BCUT2D eigenvalue weighted by atomic mass is 16.5. The summed E-state index contributed by atoms with van der Waals surface area (Å²) in [7, 11) is 0. The Labute approximate surface area is 188 Å². The summed E-state index contributed by atoms with van der Waals surface area (Å²) in [5.74, 6) is 0.161. The molecule has 32 heavy (non-hydrogen) atoms. The molecule has 3 aromatic rings. The second kappa shape index (κ2) is 9.81. The van der Waals surface area contributed by atoms with Crippen molar-refractivity contribution in [3.05, 3.63) is 77.2 Å². The zero-order chi connectivity index (χ0) is 22.5. The lowest BCUT2D eigenvalue weighted by Crippen LogP contribution is -2.37. The van der Waals surface area contributed by atoms with Crippen LogP contribution < -0.4 is 5.32 Å². The lowest BCUT2D eigenvalue weighted by Gasteiger charge is -2.23. The van der Waals surface area contributed by atoms with E-state index in [1.54, 1.807) is 11.0 Å². The first-order valence-corrected chi connectivity index (χ1v) is 11.2. The van der Waals surface area contributed by atoms with Crippen LogP contribution in [-0.4, -0.2) is 41.5 Å². The fourth-order valence-electron chi connectivity index (χ4n) is 4.16. The lowest BCUT2D eigenvalue weighted by molar-refractivity contribution is -0.124. The summed E-state index contributed by atoms with van der Waals surface area (Å²) in [6, 6.07) is 18.3. The van der Waals surface area contributed by atoms with Crippen LogP contribution in [-0.2, 0) is 17.6 Å². The first-order valence-electron chi connectivity index (χ1n) is 11.2. The van der Waals surface area contributed by atoms with E-state index >= 15 is 0 Å². The van der Waals surface area contributed by atoms with E-state index in [0.29, 0.717) is 37.5 Å². The van der Waals surface area contributed by atoms with Crippen LogP contribution >= 0.6 is 0 Å². The molecule has 166 valence electrons. The van der Waals surface area contributed by atoms with Crippen LogP contribution in [0.15, 0.2) is 59.1 Å². The molecule has 1 saturated heterocycles. The van der Waals surface area contributed by atoms with Crippen molar-refractivity contribution >= 4 is 11.8 Å². The standard InChI is InChI=1S/C26H29N3O3/c1-3-6-22-16-24(28-32-22)26(31)29-14-13-27-25(30)21(17-29)15-20-7-4-5-8-23(20)19-11-9-18(2)10-12-19/h4-5,7-12,16,21H,3,6,13-15,17H2,1-2H3,(H,27,30)/t21-/m0/s1. The minimum atomic E-state index is -0.338. The van der Waals surface area contributed by atoms with Gasteiger partial charge in [0.1, 0.15) is 5.76 Å². The second-order valence-electron chi connectivity index (χ2n) is 8.39. The Morgan fingerprint density at radius 1 is 1.19 bits per heavy atom. The number of aryl methyl sites for hydroxylation is 2. The average Bonchev–Trinajstić information content (AvgIpc) is 3.19. The summed E-state index contributed by atoms with van der Waals surface area (Å²) in [5, 5.41) is 6.92. The molecule has 0 aliphatic carbocycles. The van der Waals surface area contributed by atoms with Crippen LogP contribution in [0.1, 0.15) is 40.7 Å². The van der Waals surface area contributed by atoms with Crippen molar-refractivity contribution in [3.8, 4) is 11.1 Å². The monoisotopic (exact) mass is 431 g/mol. The highest BCUT2D eigenvalue weighted by Gasteiger charge is 2.30. The van der Waals surface area contributed by atoms with E-state index in [-0.39, 0.29) is 17.7 Å². The normalized spacial score (nSPS) is 16.5. The molecule has 0 saturated carbocycles. The minimum Gasteiger partial charge on any atom is -0.361 e. The maximum Gasteiger partial charge on any atom is 0.276 e. The third-order valence-electron chi connectivity index (χ3n) is 5.90. The van der Waals surface area contributed by atoms with Gasteiger partial charge in [0.25, 0.3) is 5.91 Å². The molecule has 6 nitrogen and oxygen atoms in total. The molecule has 4 rings (SSSR count). The molecule has 1 fully saturated rings. The minimum absolute atomic E-state index is 0.0224. The molecule has 2 amide bonds. The van der Waals surface area contributed by atoms with Gasteiger partial charge < -0.3 is 14.7 Å². The summed E-state index contributed by atoms with van der Waals surface area (Å²) in [4.78, 5) is 27.6. The van der Waals surface area contributed by atoms with Gasteiger partial charge in [-0.3, -0.25) is 9.59 Å². The number of hydrogen-bond donors (Lipinski definition) is 1. The summed E-state index contributed by atoms with van der Waals surface area (Å²) in [6.45, 7) is 5.35. The zero-order valence-electron chi connectivity index (χ0n) is 18.6. The average molecular weight is 432 g/mol. The third-order valence-corrected chi connectivity index (χ3v) is 5.90. The SMILES string of the molecule is CCCc1cc(C(=O)N2CCNC(=O)[C@@H](Cc3ccccc3-c3ccc(C)cc3)C2)no1. The van der Waals surface area contributed by atoms with Gasteiger partial charge in [-0.1, -0.05) is 66.2 Å². The van der Waals surface area contributed by atoms with Crippen molar-refractivity contribution in [1.29, 1.82) is 0 Å². The van der Waals surface area contributed by atoms with E-state index in [9.17, 15) is 9.59 Å². The van der Waals surface area contributed by atoms with Gasteiger partial charge in [-0.25, -0.2) is 0 Å². The molecule has 1 aliphatic heterocycles. The quantitative estimate of drug-likeness (QED) is 0.639. The van der Waals surface area contributed by atoms with Crippen molar-refractivity contribution in [2.75, 3.05) is 19.6 Å². The fourth-order valence-corrected chi connectivity index (χ4v) is 4.16. The number of hydrogen-bond acceptors (Lipinski definition) is 4. The van der Waals surface area contributed by atoms with Gasteiger partial charge in [-0.2, -0.15) is 0 Å². The molecule has 1 N–H and O–H groups in total. The van der Waals surface area contributed by atoms with Gasteiger partial charge >= 0.3 is 0 Å². The van der Waals surface area contributed by atoms with Crippen molar-refractivity contribution in [2.45, 2.75) is 33.1 Å². The molecular formula is C26H29N3O3. The van der Waals surface area contributed by atoms with Gasteiger partial charge in [0.15, 0.2) is 5.69 Å². The number of amides is 2. The largest absolute Gasteiger partial charge is 0.361 e. The maximum atomic E-state index is 13.1. The number of nitrogens with one attached hydrogen (secondary N) is 1. The first kappa shape index (κ1) is 21.8. The number of rotatable bonds is 6. The lowest BCUT2D eigenvalue weighted by atomic mass is 9.91. The van der Waals surface area contributed by atoms with Crippen LogP contribution in [0.4, 0.5) is 0 Å². The topological polar surface area (TPSA) is 75.4 Å². The first-order chi connectivity index (χ1) is 15.5. The van der Waals surface area contributed by atoms with Gasteiger partial charge in [0.2, 0.25) is 5.91 Å². The van der Waals surface area contributed by atoms with Gasteiger partial charge in [-0.05, 0) is 36.5 Å². The molecule has 1 aromatic heterocycles. The molecule has 0 bridgehead atoms. The third kappa shape index (κ3) is 4.90. The number of benzene rings is 2. The predicted octanol–water partition coefficient (Wildman–Crippen LogP) is 4.03. The second-order valence-corrected chi connectivity index (χ2v) is 8.39. The van der Waals surface area contributed by atoms with E-state index in [2.05, 4.69) is 60.7 Å². The Balaban J connectivity index is 1.55. The molecule has 1 atom stereocenters. The molecule has 0 radical (unpaired) electrons. The smallest absolute Gasteiger partial charge is 0.276 e. The van der Waals surface area contributed by atoms with E-state index < -0.39 is 0 Å². The Morgan fingerprint density at radius 2 is 1.97 bits per heavy atom. The number of carbonyl (C=O) groups excluding carboxylic acids is 2. The Bertz CT molecular complexity index is 1090. The van der Waals surface area contributed by atoms with Crippen molar-refractivity contribution in [3.63, 3.8) is 0 Å². The molecule has 2 aromatic carbocycles. The van der Waals surface area contributed by atoms with E-state index in [0.717, 1.165) is 29.5 Å². The van der Waals surface area contributed by atoms with E-state index in [1.165, 1.54) is 5.56 Å². The van der Waals surface area contributed by atoms with Gasteiger partial charge in [-0.15, -0.1) is 0 Å². The van der Waals surface area contributed by atoms with Crippen molar-refractivity contribution in [2.24, 2.45) is 5.92 Å². The summed E-state index contributed by atoms with van der Waals surface area (Å²) in [5.41, 5.74) is 4.85. The van der Waals surface area contributed by atoms with Crippen LogP contribution in [0.25, 0.3) is 11.1 Å². The summed E-state index contributed by atoms with van der Waals surface area (Å²) < 4.78 is 5.28. The fraction of sp³-hybridized carbons (Fsp3) is 0.346.